The Bertz CT molecular complexity index is 370. The fourth-order valence-corrected chi connectivity index (χ4v) is 3.20. The number of aliphatic hydroxyl groups is 1. The summed E-state index contributed by atoms with van der Waals surface area (Å²) in [5.74, 6) is 0.113. The molecule has 2 aliphatic rings. The zero-order valence-corrected chi connectivity index (χ0v) is 14.5. The van der Waals surface area contributed by atoms with Crippen molar-refractivity contribution in [3.63, 3.8) is 0 Å². The number of rotatable bonds is 8. The molecular formula is C17H31NO5. The summed E-state index contributed by atoms with van der Waals surface area (Å²) in [7, 11) is 0. The summed E-state index contributed by atoms with van der Waals surface area (Å²) in [6.07, 6.45) is 3.04. The fourth-order valence-electron chi connectivity index (χ4n) is 3.20. The van der Waals surface area contributed by atoms with Crippen molar-refractivity contribution in [3.8, 4) is 0 Å². The molecule has 23 heavy (non-hydrogen) atoms. The van der Waals surface area contributed by atoms with Gasteiger partial charge in [-0.1, -0.05) is 20.8 Å². The number of hydrogen-bond donors (Lipinski definition) is 2. The maximum absolute atomic E-state index is 12.1. The largest absolute Gasteiger partial charge is 0.391 e. The Balaban J connectivity index is 1.68. The van der Waals surface area contributed by atoms with Gasteiger partial charge < -0.3 is 24.6 Å². The molecule has 2 saturated heterocycles. The van der Waals surface area contributed by atoms with Crippen molar-refractivity contribution >= 4 is 5.91 Å². The Kier molecular flexibility index (Phi) is 7.27. The van der Waals surface area contributed by atoms with Crippen molar-refractivity contribution in [1.82, 2.24) is 5.32 Å². The van der Waals surface area contributed by atoms with Crippen LogP contribution in [0.25, 0.3) is 0 Å². The van der Waals surface area contributed by atoms with E-state index in [1.165, 1.54) is 0 Å². The Labute approximate surface area is 138 Å². The second-order valence-corrected chi connectivity index (χ2v) is 6.84. The smallest absolute Gasteiger partial charge is 0.220 e. The van der Waals surface area contributed by atoms with Gasteiger partial charge in [-0.25, -0.2) is 0 Å². The minimum Gasteiger partial charge on any atom is -0.391 e. The maximum Gasteiger partial charge on any atom is 0.220 e. The molecule has 2 fully saturated rings. The normalized spacial score (nSPS) is 28.2. The fraction of sp³-hybridized carbons (Fsp3) is 0.941. The average molecular weight is 329 g/mol. The van der Waals surface area contributed by atoms with Gasteiger partial charge in [0.05, 0.1) is 31.5 Å². The number of hydrogen-bond acceptors (Lipinski definition) is 5. The molecule has 4 atom stereocenters. The van der Waals surface area contributed by atoms with Gasteiger partial charge in [0.25, 0.3) is 0 Å². The van der Waals surface area contributed by atoms with Gasteiger partial charge in [-0.2, -0.15) is 0 Å². The molecule has 0 aliphatic carbocycles. The van der Waals surface area contributed by atoms with Crippen LogP contribution < -0.4 is 5.32 Å². The highest BCUT2D eigenvalue weighted by atomic mass is 16.7. The second kappa shape index (κ2) is 8.97. The van der Waals surface area contributed by atoms with Crippen molar-refractivity contribution in [2.75, 3.05) is 13.2 Å². The van der Waals surface area contributed by atoms with Crippen LogP contribution in [0.1, 0.15) is 52.9 Å². The lowest BCUT2D eigenvalue weighted by Crippen LogP contribution is -2.45. The zero-order valence-electron chi connectivity index (χ0n) is 14.5. The first-order chi connectivity index (χ1) is 11.0. The van der Waals surface area contributed by atoms with Gasteiger partial charge in [-0.3, -0.25) is 4.79 Å². The molecule has 0 radical (unpaired) electrons. The van der Waals surface area contributed by atoms with E-state index >= 15 is 0 Å². The summed E-state index contributed by atoms with van der Waals surface area (Å²) < 4.78 is 16.9. The van der Waals surface area contributed by atoms with E-state index in [9.17, 15) is 9.90 Å². The van der Waals surface area contributed by atoms with Crippen molar-refractivity contribution in [1.29, 1.82) is 0 Å². The standard InChI is InChI=1S/C17H31NO5/c1-4-13(16(20)11(2)3)18-15(19)8-6-12-5-7-14(23-12)17-21-9-10-22-17/h11-14,16-17,20H,4-10H2,1-3H3,(H,18,19). The molecule has 2 rings (SSSR count). The summed E-state index contributed by atoms with van der Waals surface area (Å²) >= 11 is 0. The van der Waals surface area contributed by atoms with Gasteiger partial charge in [0.2, 0.25) is 5.91 Å². The van der Waals surface area contributed by atoms with E-state index in [1.807, 2.05) is 20.8 Å². The molecule has 6 heteroatoms. The molecule has 0 aromatic heterocycles. The van der Waals surface area contributed by atoms with Crippen molar-refractivity contribution in [2.24, 2.45) is 5.92 Å². The molecule has 134 valence electrons. The number of carbonyl (C=O) groups excluding carboxylic acids is 1. The maximum atomic E-state index is 12.1. The van der Waals surface area contributed by atoms with Crippen LogP contribution >= 0.6 is 0 Å². The molecule has 2 heterocycles. The van der Waals surface area contributed by atoms with Gasteiger partial charge in [0.1, 0.15) is 6.10 Å². The lowest BCUT2D eigenvalue weighted by Gasteiger charge is -2.26. The first-order valence-electron chi connectivity index (χ1n) is 8.87. The number of ether oxygens (including phenoxy) is 3. The van der Waals surface area contributed by atoms with Crippen LogP contribution in [0.3, 0.4) is 0 Å². The van der Waals surface area contributed by atoms with Crippen LogP contribution in [0.2, 0.25) is 0 Å². The number of carbonyl (C=O) groups is 1. The van der Waals surface area contributed by atoms with Crippen LogP contribution in [0.15, 0.2) is 0 Å². The first-order valence-corrected chi connectivity index (χ1v) is 8.87. The van der Waals surface area contributed by atoms with E-state index in [-0.39, 0.29) is 36.4 Å². The highest BCUT2D eigenvalue weighted by molar-refractivity contribution is 5.76. The van der Waals surface area contributed by atoms with Gasteiger partial charge in [-0.05, 0) is 31.6 Å². The summed E-state index contributed by atoms with van der Waals surface area (Å²) in [5.41, 5.74) is 0. The second-order valence-electron chi connectivity index (χ2n) is 6.84. The molecular weight excluding hydrogens is 298 g/mol. The van der Waals surface area contributed by atoms with Gasteiger partial charge in [-0.15, -0.1) is 0 Å². The molecule has 4 unspecified atom stereocenters. The summed E-state index contributed by atoms with van der Waals surface area (Å²) in [4.78, 5) is 12.1. The third kappa shape index (κ3) is 5.41. The van der Waals surface area contributed by atoms with E-state index in [1.54, 1.807) is 0 Å². The van der Waals surface area contributed by atoms with E-state index in [2.05, 4.69) is 5.32 Å². The molecule has 6 nitrogen and oxygen atoms in total. The van der Waals surface area contributed by atoms with E-state index < -0.39 is 6.10 Å². The number of aliphatic hydroxyl groups excluding tert-OH is 1. The van der Waals surface area contributed by atoms with Gasteiger partial charge in [0.15, 0.2) is 6.29 Å². The molecule has 2 N–H and O–H groups in total. The molecule has 0 aromatic carbocycles. The van der Waals surface area contributed by atoms with E-state index in [0.29, 0.717) is 26.1 Å². The Morgan fingerprint density at radius 2 is 1.96 bits per heavy atom. The molecule has 2 aliphatic heterocycles. The third-order valence-electron chi connectivity index (χ3n) is 4.67. The summed E-state index contributed by atoms with van der Waals surface area (Å²) in [6, 6.07) is -0.181. The van der Waals surface area contributed by atoms with Crippen molar-refractivity contribution in [2.45, 2.75) is 83.5 Å². The highest BCUT2D eigenvalue weighted by Gasteiger charge is 2.35. The van der Waals surface area contributed by atoms with E-state index in [0.717, 1.165) is 19.3 Å². The minimum atomic E-state index is -0.507. The highest BCUT2D eigenvalue weighted by Crippen LogP contribution is 2.28. The van der Waals surface area contributed by atoms with Gasteiger partial charge >= 0.3 is 0 Å². The quantitative estimate of drug-likeness (QED) is 0.707. The van der Waals surface area contributed by atoms with Crippen LogP contribution in [-0.4, -0.2) is 54.9 Å². The number of amides is 1. The lowest BCUT2D eigenvalue weighted by molar-refractivity contribution is -0.140. The van der Waals surface area contributed by atoms with Crippen LogP contribution in [0.5, 0.6) is 0 Å². The zero-order chi connectivity index (χ0) is 16.8. The van der Waals surface area contributed by atoms with Crippen LogP contribution in [0.4, 0.5) is 0 Å². The lowest BCUT2D eigenvalue weighted by atomic mass is 9.97. The Hall–Kier alpha value is -0.690. The first kappa shape index (κ1) is 18.6. The van der Waals surface area contributed by atoms with Crippen LogP contribution in [-0.2, 0) is 19.0 Å². The topological polar surface area (TPSA) is 77.0 Å². The number of nitrogens with one attached hydrogen (secondary N) is 1. The molecule has 0 saturated carbocycles. The third-order valence-corrected chi connectivity index (χ3v) is 4.67. The molecule has 0 aromatic rings. The van der Waals surface area contributed by atoms with Gasteiger partial charge in [0, 0.05) is 6.42 Å². The molecule has 0 spiro atoms. The monoisotopic (exact) mass is 329 g/mol. The Morgan fingerprint density at radius 1 is 1.26 bits per heavy atom. The molecule has 0 bridgehead atoms. The molecule has 1 amide bonds. The Morgan fingerprint density at radius 3 is 2.57 bits per heavy atom. The summed E-state index contributed by atoms with van der Waals surface area (Å²) in [6.45, 7) is 7.16. The minimum absolute atomic E-state index is 0.00304. The SMILES string of the molecule is CCC(NC(=O)CCC1CCC(C2OCCO2)O1)C(O)C(C)C. The van der Waals surface area contributed by atoms with E-state index in [4.69, 9.17) is 14.2 Å². The summed E-state index contributed by atoms with van der Waals surface area (Å²) in [5, 5.41) is 13.0. The predicted molar refractivity (Wildman–Crippen MR) is 85.9 cm³/mol. The predicted octanol–water partition coefficient (Wildman–Crippen LogP) is 1.60. The van der Waals surface area contributed by atoms with Crippen molar-refractivity contribution < 1.29 is 24.1 Å². The average Bonchev–Trinajstić information content (AvgIpc) is 3.20. The van der Waals surface area contributed by atoms with Crippen LogP contribution in [0, 0.1) is 5.92 Å². The van der Waals surface area contributed by atoms with Crippen molar-refractivity contribution in [3.05, 3.63) is 0 Å².